The van der Waals surface area contributed by atoms with Crippen LogP contribution in [0.1, 0.15) is 6.92 Å². The maximum Gasteiger partial charge on any atom is 0.250 e. The van der Waals surface area contributed by atoms with Gasteiger partial charge >= 0.3 is 0 Å². The fraction of sp³-hybridized carbons (Fsp3) is 0.364. The van der Waals surface area contributed by atoms with Gasteiger partial charge in [0.15, 0.2) is 0 Å². The molecule has 0 radical (unpaired) electrons. The molecule has 0 saturated carbocycles. The Bertz CT molecular complexity index is 366. The molecule has 1 aromatic rings. The van der Waals surface area contributed by atoms with E-state index in [1.807, 2.05) is 6.92 Å². The molecule has 0 aliphatic rings. The molecule has 5 nitrogen and oxygen atoms in total. The fourth-order valence-corrected chi connectivity index (χ4v) is 1.19. The second kappa shape index (κ2) is 5.97. The number of anilines is 2. The van der Waals surface area contributed by atoms with E-state index in [-0.39, 0.29) is 12.5 Å². The normalized spacial score (nSPS) is 9.88. The molecule has 16 heavy (non-hydrogen) atoms. The summed E-state index contributed by atoms with van der Waals surface area (Å²) >= 11 is 0. The van der Waals surface area contributed by atoms with Crippen molar-refractivity contribution in [3.8, 4) is 5.75 Å². The van der Waals surface area contributed by atoms with Crippen LogP contribution in [0.25, 0.3) is 0 Å². The Kier molecular flexibility index (Phi) is 4.60. The lowest BCUT2D eigenvalue weighted by Crippen LogP contribution is -2.18. The molecule has 0 spiro atoms. The summed E-state index contributed by atoms with van der Waals surface area (Å²) in [6.45, 7) is 2.37. The summed E-state index contributed by atoms with van der Waals surface area (Å²) in [5.74, 6) is 0.315. The van der Waals surface area contributed by atoms with Gasteiger partial charge in [-0.1, -0.05) is 0 Å². The number of rotatable bonds is 5. The van der Waals surface area contributed by atoms with Crippen molar-refractivity contribution in [3.05, 3.63) is 18.2 Å². The molecule has 1 rings (SSSR count). The molecule has 0 aliphatic carbocycles. The van der Waals surface area contributed by atoms with Crippen LogP contribution in [0.15, 0.2) is 18.2 Å². The number of hydrogen-bond acceptors (Lipinski definition) is 4. The molecule has 0 bridgehead atoms. The predicted octanol–water partition coefficient (Wildman–Crippen LogP) is 1.25. The molecule has 0 saturated heterocycles. The molecule has 88 valence electrons. The molecular formula is C11H16N2O3. The third-order valence-corrected chi connectivity index (χ3v) is 1.94. The Morgan fingerprint density at radius 3 is 2.88 bits per heavy atom. The van der Waals surface area contributed by atoms with Crippen LogP contribution in [-0.2, 0) is 9.53 Å². The molecule has 1 aromatic carbocycles. The van der Waals surface area contributed by atoms with E-state index in [0.717, 1.165) is 0 Å². The summed E-state index contributed by atoms with van der Waals surface area (Å²) < 4.78 is 10.1. The first-order valence-electron chi connectivity index (χ1n) is 4.98. The number of nitrogens with two attached hydrogens (primary N) is 1. The number of methoxy groups -OCH3 is 1. The van der Waals surface area contributed by atoms with Crippen LogP contribution < -0.4 is 15.8 Å². The molecule has 0 aliphatic heterocycles. The molecule has 0 heterocycles. The monoisotopic (exact) mass is 224 g/mol. The molecule has 0 fully saturated rings. The van der Waals surface area contributed by atoms with Crippen LogP contribution in [-0.4, -0.2) is 26.2 Å². The van der Waals surface area contributed by atoms with Crippen LogP contribution in [0.3, 0.4) is 0 Å². The zero-order chi connectivity index (χ0) is 12.0. The SMILES string of the molecule is CCOCC(=O)Nc1ccc(N)cc1OC. The molecule has 5 heteroatoms. The van der Waals surface area contributed by atoms with Gasteiger partial charge in [-0.05, 0) is 19.1 Å². The van der Waals surface area contributed by atoms with E-state index in [2.05, 4.69) is 5.32 Å². The lowest BCUT2D eigenvalue weighted by atomic mass is 10.2. The summed E-state index contributed by atoms with van der Waals surface area (Å²) in [5, 5.41) is 2.68. The van der Waals surface area contributed by atoms with Gasteiger partial charge in [0.1, 0.15) is 12.4 Å². The van der Waals surface area contributed by atoms with Crippen molar-refractivity contribution < 1.29 is 14.3 Å². The fourth-order valence-electron chi connectivity index (χ4n) is 1.19. The minimum atomic E-state index is -0.218. The predicted molar refractivity (Wildman–Crippen MR) is 62.5 cm³/mol. The van der Waals surface area contributed by atoms with Crippen molar-refractivity contribution in [2.75, 3.05) is 31.4 Å². The first kappa shape index (κ1) is 12.3. The van der Waals surface area contributed by atoms with Gasteiger partial charge < -0.3 is 20.5 Å². The van der Waals surface area contributed by atoms with Crippen molar-refractivity contribution in [2.24, 2.45) is 0 Å². The number of nitrogens with one attached hydrogen (secondary N) is 1. The van der Waals surface area contributed by atoms with Gasteiger partial charge in [-0.3, -0.25) is 4.79 Å². The highest BCUT2D eigenvalue weighted by Crippen LogP contribution is 2.26. The lowest BCUT2D eigenvalue weighted by molar-refractivity contribution is -0.120. The van der Waals surface area contributed by atoms with Crippen LogP contribution in [0.5, 0.6) is 5.75 Å². The van der Waals surface area contributed by atoms with Gasteiger partial charge in [0, 0.05) is 18.4 Å². The summed E-state index contributed by atoms with van der Waals surface area (Å²) in [6, 6.07) is 5.03. The quantitative estimate of drug-likeness (QED) is 0.738. The van der Waals surface area contributed by atoms with E-state index in [4.69, 9.17) is 15.2 Å². The average Bonchev–Trinajstić information content (AvgIpc) is 2.28. The van der Waals surface area contributed by atoms with Crippen molar-refractivity contribution in [1.82, 2.24) is 0 Å². The van der Waals surface area contributed by atoms with Crippen molar-refractivity contribution in [2.45, 2.75) is 6.92 Å². The topological polar surface area (TPSA) is 73.6 Å². The van der Waals surface area contributed by atoms with Gasteiger partial charge in [-0.25, -0.2) is 0 Å². The Balaban J connectivity index is 2.69. The first-order chi connectivity index (χ1) is 7.67. The Labute approximate surface area is 94.5 Å². The Morgan fingerprint density at radius 1 is 1.50 bits per heavy atom. The summed E-state index contributed by atoms with van der Waals surface area (Å²) in [5.41, 5.74) is 6.76. The zero-order valence-electron chi connectivity index (χ0n) is 9.45. The van der Waals surface area contributed by atoms with E-state index in [1.54, 1.807) is 18.2 Å². The third-order valence-electron chi connectivity index (χ3n) is 1.94. The third kappa shape index (κ3) is 3.43. The average molecular weight is 224 g/mol. The number of benzene rings is 1. The molecule has 0 aromatic heterocycles. The van der Waals surface area contributed by atoms with E-state index in [9.17, 15) is 4.79 Å². The van der Waals surface area contributed by atoms with Gasteiger partial charge in [0.2, 0.25) is 5.91 Å². The van der Waals surface area contributed by atoms with E-state index in [1.165, 1.54) is 7.11 Å². The summed E-state index contributed by atoms with van der Waals surface area (Å²) in [7, 11) is 1.52. The highest BCUT2D eigenvalue weighted by atomic mass is 16.5. The Hall–Kier alpha value is -1.75. The first-order valence-corrected chi connectivity index (χ1v) is 4.98. The largest absolute Gasteiger partial charge is 0.494 e. The van der Waals surface area contributed by atoms with Gasteiger partial charge in [0.25, 0.3) is 0 Å². The molecule has 1 amide bonds. The van der Waals surface area contributed by atoms with E-state index in [0.29, 0.717) is 23.7 Å². The zero-order valence-corrected chi connectivity index (χ0v) is 9.45. The molecule has 0 unspecified atom stereocenters. The van der Waals surface area contributed by atoms with Crippen LogP contribution in [0.2, 0.25) is 0 Å². The number of hydrogen-bond donors (Lipinski definition) is 2. The summed E-state index contributed by atoms with van der Waals surface area (Å²) in [6.07, 6.45) is 0. The highest BCUT2D eigenvalue weighted by molar-refractivity contribution is 5.93. The second-order valence-electron chi connectivity index (χ2n) is 3.15. The number of nitrogen functional groups attached to an aromatic ring is 1. The number of carbonyl (C=O) groups is 1. The number of ether oxygens (including phenoxy) is 2. The van der Waals surface area contributed by atoms with Crippen LogP contribution in [0, 0.1) is 0 Å². The lowest BCUT2D eigenvalue weighted by Gasteiger charge is -2.10. The van der Waals surface area contributed by atoms with Crippen LogP contribution >= 0.6 is 0 Å². The second-order valence-corrected chi connectivity index (χ2v) is 3.15. The van der Waals surface area contributed by atoms with Crippen molar-refractivity contribution >= 4 is 17.3 Å². The van der Waals surface area contributed by atoms with Crippen molar-refractivity contribution in [1.29, 1.82) is 0 Å². The minimum absolute atomic E-state index is 0.0318. The van der Waals surface area contributed by atoms with Gasteiger partial charge in [-0.15, -0.1) is 0 Å². The van der Waals surface area contributed by atoms with Crippen molar-refractivity contribution in [3.63, 3.8) is 0 Å². The van der Waals surface area contributed by atoms with E-state index < -0.39 is 0 Å². The van der Waals surface area contributed by atoms with Gasteiger partial charge in [-0.2, -0.15) is 0 Å². The Morgan fingerprint density at radius 2 is 2.25 bits per heavy atom. The van der Waals surface area contributed by atoms with Crippen LogP contribution in [0.4, 0.5) is 11.4 Å². The van der Waals surface area contributed by atoms with Gasteiger partial charge in [0.05, 0.1) is 12.8 Å². The smallest absolute Gasteiger partial charge is 0.250 e. The minimum Gasteiger partial charge on any atom is -0.494 e. The summed E-state index contributed by atoms with van der Waals surface area (Å²) in [4.78, 5) is 11.4. The molecular weight excluding hydrogens is 208 g/mol. The standard InChI is InChI=1S/C11H16N2O3/c1-3-16-7-11(14)13-9-5-4-8(12)6-10(9)15-2/h4-6H,3,7,12H2,1-2H3,(H,13,14). The number of amides is 1. The maximum absolute atomic E-state index is 11.4. The maximum atomic E-state index is 11.4. The molecule has 3 N–H and O–H groups in total. The number of carbonyl (C=O) groups excluding carboxylic acids is 1. The van der Waals surface area contributed by atoms with E-state index >= 15 is 0 Å². The highest BCUT2D eigenvalue weighted by Gasteiger charge is 2.07. The molecule has 0 atom stereocenters.